The van der Waals surface area contributed by atoms with Crippen LogP contribution in [-0.2, 0) is 9.47 Å². The molecule has 1 aliphatic rings. The van der Waals surface area contributed by atoms with Gasteiger partial charge in [0.05, 0.1) is 36.4 Å². The molecule has 1 fully saturated rings. The van der Waals surface area contributed by atoms with Crippen molar-refractivity contribution in [3.63, 3.8) is 0 Å². The van der Waals surface area contributed by atoms with Crippen LogP contribution in [0.1, 0.15) is 22.8 Å². The van der Waals surface area contributed by atoms with E-state index >= 15 is 0 Å². The Hall–Kier alpha value is -4.89. The Morgan fingerprint density at radius 2 is 1.97 bits per heavy atom. The Morgan fingerprint density at radius 1 is 1.08 bits per heavy atom. The molecule has 1 unspecified atom stereocenters. The summed E-state index contributed by atoms with van der Waals surface area (Å²) in [6.07, 6.45) is 4.53. The van der Waals surface area contributed by atoms with E-state index in [0.29, 0.717) is 30.4 Å². The minimum atomic E-state index is -0.396. The van der Waals surface area contributed by atoms with Crippen LogP contribution < -0.4 is 11.2 Å². The molecule has 0 bridgehead atoms. The Balaban J connectivity index is 1.41. The normalized spacial score (nSPS) is 15.4. The number of nitrogens with zero attached hydrogens (tertiary/aromatic N) is 4. The molecule has 39 heavy (non-hydrogen) atoms. The molecule has 9 nitrogen and oxygen atoms in total. The summed E-state index contributed by atoms with van der Waals surface area (Å²) in [5.41, 5.74) is 13.9. The third-order valence-electron chi connectivity index (χ3n) is 7.45. The van der Waals surface area contributed by atoms with Gasteiger partial charge in [-0.3, -0.25) is 14.8 Å². The van der Waals surface area contributed by atoms with Gasteiger partial charge in [-0.05, 0) is 53.3 Å². The minimum Gasteiger partial charge on any atom is -0.465 e. The molecule has 7 rings (SSSR count). The smallest absolute Gasteiger partial charge is 0.340 e. The summed E-state index contributed by atoms with van der Waals surface area (Å²) >= 11 is 0. The first-order valence-corrected chi connectivity index (χ1v) is 12.8. The Labute approximate surface area is 223 Å². The first-order valence-electron chi connectivity index (χ1n) is 12.8. The number of benzene rings is 3. The fraction of sp³-hybridized carbons (Fsp3) is 0.167. The molecule has 0 aliphatic carbocycles. The van der Waals surface area contributed by atoms with Gasteiger partial charge >= 0.3 is 5.97 Å². The zero-order valence-corrected chi connectivity index (χ0v) is 21.3. The number of nitrogens with two attached hydrogens (primary N) is 1. The number of carbonyl (C=O) groups is 1. The highest BCUT2D eigenvalue weighted by atomic mass is 16.5. The molecule has 9 heteroatoms. The van der Waals surface area contributed by atoms with Gasteiger partial charge in [-0.1, -0.05) is 36.4 Å². The molecule has 6 aromatic rings. The lowest BCUT2D eigenvalue weighted by Gasteiger charge is -2.11. The molecule has 3 N–H and O–H groups in total. The van der Waals surface area contributed by atoms with Crippen molar-refractivity contribution in [2.24, 2.45) is 0 Å². The van der Waals surface area contributed by atoms with E-state index in [4.69, 9.17) is 20.3 Å². The fourth-order valence-electron chi connectivity index (χ4n) is 5.54. The molecule has 194 valence electrons. The van der Waals surface area contributed by atoms with Gasteiger partial charge < -0.3 is 15.2 Å². The van der Waals surface area contributed by atoms with Gasteiger partial charge in [-0.2, -0.15) is 5.10 Å². The first-order chi connectivity index (χ1) is 19.1. The lowest BCUT2D eigenvalue weighted by molar-refractivity contribution is 0.0602. The van der Waals surface area contributed by atoms with Crippen LogP contribution in [0.15, 0.2) is 79.1 Å². The van der Waals surface area contributed by atoms with Crippen molar-refractivity contribution in [3.05, 3.63) is 84.7 Å². The number of carbonyl (C=O) groups excluding carboxylic acids is 1. The van der Waals surface area contributed by atoms with Crippen LogP contribution in [0.25, 0.3) is 43.7 Å². The van der Waals surface area contributed by atoms with Crippen molar-refractivity contribution >= 4 is 50.2 Å². The predicted molar refractivity (Wildman–Crippen MR) is 152 cm³/mol. The van der Waals surface area contributed by atoms with Crippen LogP contribution in [-0.4, -0.2) is 45.7 Å². The number of hydrogen-bond acceptors (Lipinski definition) is 7. The van der Waals surface area contributed by atoms with Gasteiger partial charge in [0.1, 0.15) is 5.82 Å². The third kappa shape index (κ3) is 3.78. The van der Waals surface area contributed by atoms with E-state index in [-0.39, 0.29) is 6.04 Å². The number of ether oxygens (including phenoxy) is 2. The molecule has 0 spiro atoms. The highest BCUT2D eigenvalue weighted by molar-refractivity contribution is 6.05. The number of anilines is 2. The van der Waals surface area contributed by atoms with E-state index in [1.54, 1.807) is 12.3 Å². The van der Waals surface area contributed by atoms with Gasteiger partial charge in [0, 0.05) is 35.2 Å². The highest BCUT2D eigenvalue weighted by Crippen LogP contribution is 2.36. The first kappa shape index (κ1) is 23.2. The van der Waals surface area contributed by atoms with Crippen molar-refractivity contribution in [1.82, 2.24) is 19.4 Å². The lowest BCUT2D eigenvalue weighted by Crippen LogP contribution is -2.13. The maximum absolute atomic E-state index is 12.5. The van der Waals surface area contributed by atoms with Gasteiger partial charge in [-0.15, -0.1) is 0 Å². The van der Waals surface area contributed by atoms with Crippen LogP contribution in [0.2, 0.25) is 0 Å². The van der Waals surface area contributed by atoms with E-state index in [1.807, 2.05) is 52.0 Å². The fourth-order valence-corrected chi connectivity index (χ4v) is 5.54. The zero-order chi connectivity index (χ0) is 26.5. The van der Waals surface area contributed by atoms with Crippen LogP contribution >= 0.6 is 0 Å². The quantitative estimate of drug-likeness (QED) is 0.294. The van der Waals surface area contributed by atoms with Crippen LogP contribution in [0.3, 0.4) is 0 Å². The Bertz CT molecular complexity index is 1880. The van der Waals surface area contributed by atoms with E-state index in [2.05, 4.69) is 34.7 Å². The summed E-state index contributed by atoms with van der Waals surface area (Å²) in [6.45, 7) is 1.33. The minimum absolute atomic E-state index is 0.143. The zero-order valence-electron chi connectivity index (χ0n) is 21.3. The lowest BCUT2D eigenvalue weighted by atomic mass is 9.98. The molecule has 1 saturated heterocycles. The highest BCUT2D eigenvalue weighted by Gasteiger charge is 2.24. The molecule has 0 amide bonds. The summed E-state index contributed by atoms with van der Waals surface area (Å²) < 4.78 is 14.6. The number of para-hydroxylation sites is 1. The average Bonchev–Trinajstić information content (AvgIpc) is 3.72. The number of hydrogen-bond donors (Lipinski definition) is 2. The van der Waals surface area contributed by atoms with Crippen molar-refractivity contribution < 1.29 is 14.3 Å². The summed E-state index contributed by atoms with van der Waals surface area (Å²) in [6, 6.07) is 22.1. The van der Waals surface area contributed by atoms with Crippen molar-refractivity contribution in [3.8, 4) is 11.1 Å². The van der Waals surface area contributed by atoms with Gasteiger partial charge in [0.2, 0.25) is 0 Å². The molecule has 1 aliphatic heterocycles. The molecular formula is C30H26N6O3. The topological polar surface area (TPSA) is 109 Å². The maximum atomic E-state index is 12.5. The van der Waals surface area contributed by atoms with E-state index in [1.165, 1.54) is 7.11 Å². The number of rotatable bonds is 5. The molecule has 3 aromatic carbocycles. The maximum Gasteiger partial charge on any atom is 0.340 e. The number of aromatic nitrogens is 4. The number of nitrogens with one attached hydrogen (secondary N) is 1. The summed E-state index contributed by atoms with van der Waals surface area (Å²) in [5.74, 6) is 0.790. The second-order valence-electron chi connectivity index (χ2n) is 9.67. The van der Waals surface area contributed by atoms with E-state index < -0.39 is 5.97 Å². The van der Waals surface area contributed by atoms with Crippen LogP contribution in [0, 0.1) is 0 Å². The second kappa shape index (κ2) is 9.14. The van der Waals surface area contributed by atoms with Crippen molar-refractivity contribution in [1.29, 1.82) is 0 Å². The van der Waals surface area contributed by atoms with Gasteiger partial charge in [-0.25, -0.2) is 9.78 Å². The second-order valence-corrected chi connectivity index (χ2v) is 9.67. The number of methoxy groups -OCH3 is 1. The number of pyridine rings is 1. The van der Waals surface area contributed by atoms with Gasteiger partial charge in [0.25, 0.3) is 0 Å². The monoisotopic (exact) mass is 518 g/mol. The molecule has 4 heterocycles. The summed E-state index contributed by atoms with van der Waals surface area (Å²) in [7, 11) is 1.39. The Kier molecular flexibility index (Phi) is 5.45. The number of fused-ring (bicyclic) bond motifs is 3. The largest absolute Gasteiger partial charge is 0.465 e. The molecule has 0 saturated carbocycles. The molecule has 0 radical (unpaired) electrons. The Morgan fingerprint density at radius 3 is 2.82 bits per heavy atom. The molecule has 3 aromatic heterocycles. The van der Waals surface area contributed by atoms with Crippen molar-refractivity contribution in [2.75, 3.05) is 31.5 Å². The predicted octanol–water partition coefficient (Wildman–Crippen LogP) is 5.41. The standard InChI is InChI=1S/C30H26N6O3/c1-38-30(37)24-7-2-4-18-11-14-35(27(18)24)33-29-25-16-19(8-9-26(25)36(34-29)20-12-15-39-17-20)21-5-3-6-23-22(21)10-13-32-28(23)31/h2-11,13-14,16,20H,12,15,17H2,1H3,(H2,31,32)(H,33,34). The number of esters is 1. The van der Waals surface area contributed by atoms with Gasteiger partial charge in [0.15, 0.2) is 5.82 Å². The SMILES string of the molecule is COC(=O)c1cccc2ccn(Nc3nn(C4CCOC4)c4ccc(-c5cccc6c(N)nccc56)cc34)c12. The summed E-state index contributed by atoms with van der Waals surface area (Å²) in [4.78, 5) is 16.8. The molecular weight excluding hydrogens is 492 g/mol. The third-order valence-corrected chi connectivity index (χ3v) is 7.45. The van der Waals surface area contributed by atoms with E-state index in [9.17, 15) is 4.79 Å². The van der Waals surface area contributed by atoms with Crippen LogP contribution in [0.5, 0.6) is 0 Å². The average molecular weight is 519 g/mol. The van der Waals surface area contributed by atoms with Crippen LogP contribution in [0.4, 0.5) is 11.6 Å². The van der Waals surface area contributed by atoms with Crippen molar-refractivity contribution in [2.45, 2.75) is 12.5 Å². The molecule has 1 atom stereocenters. The number of nitrogen functional groups attached to an aromatic ring is 1. The summed E-state index contributed by atoms with van der Waals surface area (Å²) in [5, 5.41) is 8.84. The van der Waals surface area contributed by atoms with E-state index in [0.717, 1.165) is 50.1 Å².